The van der Waals surface area contributed by atoms with Gasteiger partial charge in [-0.25, -0.2) is 19.1 Å². The predicted octanol–water partition coefficient (Wildman–Crippen LogP) is 2.66. The smallest absolute Gasteiger partial charge is 0.353 e. The van der Waals surface area contributed by atoms with E-state index in [2.05, 4.69) is 31.0 Å². The number of carbonyl (C=O) groups is 2. The highest BCUT2D eigenvalue weighted by atomic mass is 79.9. The van der Waals surface area contributed by atoms with E-state index in [-0.39, 0.29) is 12.2 Å². The van der Waals surface area contributed by atoms with E-state index in [9.17, 15) is 9.59 Å². The Kier molecular flexibility index (Phi) is 5.27. The van der Waals surface area contributed by atoms with Crippen LogP contribution in [-0.2, 0) is 14.3 Å². The zero-order valence-electron chi connectivity index (χ0n) is 14.0. The highest BCUT2D eigenvalue weighted by Crippen LogP contribution is 2.23. The minimum Gasteiger partial charge on any atom is -0.463 e. The van der Waals surface area contributed by atoms with Crippen LogP contribution in [0.5, 0.6) is 0 Å². The van der Waals surface area contributed by atoms with Crippen molar-refractivity contribution in [3.05, 3.63) is 58.2 Å². The molecular formula is C17H15BrN4O4. The lowest BCUT2D eigenvalue weighted by atomic mass is 10.1. The molecule has 0 unspecified atom stereocenters. The van der Waals surface area contributed by atoms with Crippen molar-refractivity contribution < 1.29 is 19.1 Å². The van der Waals surface area contributed by atoms with Crippen LogP contribution in [0.4, 0.5) is 0 Å². The van der Waals surface area contributed by atoms with Gasteiger partial charge in [-0.3, -0.25) is 4.98 Å². The van der Waals surface area contributed by atoms with Gasteiger partial charge in [0.05, 0.1) is 23.0 Å². The maximum atomic E-state index is 12.6. The Bertz CT molecular complexity index is 972. The fraction of sp³-hybridized carbons (Fsp3) is 0.235. The van der Waals surface area contributed by atoms with Crippen LogP contribution in [0.1, 0.15) is 34.6 Å². The van der Waals surface area contributed by atoms with E-state index < -0.39 is 18.0 Å². The second-order valence-electron chi connectivity index (χ2n) is 5.34. The topological polar surface area (TPSA) is 95.7 Å². The van der Waals surface area contributed by atoms with Crippen LogP contribution in [0, 0.1) is 6.92 Å². The predicted molar refractivity (Wildman–Crippen MR) is 94.5 cm³/mol. The molecule has 0 spiro atoms. The van der Waals surface area contributed by atoms with Gasteiger partial charge >= 0.3 is 11.9 Å². The van der Waals surface area contributed by atoms with Crippen molar-refractivity contribution in [2.75, 3.05) is 6.61 Å². The number of fused-ring (bicyclic) bond motifs is 1. The minimum absolute atomic E-state index is 0.139. The first-order chi connectivity index (χ1) is 12.5. The highest BCUT2D eigenvalue weighted by molar-refractivity contribution is 9.10. The first-order valence-corrected chi connectivity index (χ1v) is 8.58. The fourth-order valence-corrected chi connectivity index (χ4v) is 2.67. The normalized spacial score (nSPS) is 12.0. The van der Waals surface area contributed by atoms with E-state index in [0.717, 1.165) is 0 Å². The number of aromatic nitrogens is 4. The molecule has 134 valence electrons. The Labute approximate surface area is 157 Å². The lowest BCUT2D eigenvalue weighted by Crippen LogP contribution is -2.24. The second-order valence-corrected chi connectivity index (χ2v) is 6.26. The summed E-state index contributed by atoms with van der Waals surface area (Å²) in [6.45, 7) is 3.61. The largest absolute Gasteiger partial charge is 0.463 e. The van der Waals surface area contributed by atoms with Crippen molar-refractivity contribution in [3.8, 4) is 0 Å². The summed E-state index contributed by atoms with van der Waals surface area (Å²) < 4.78 is 12.6. The van der Waals surface area contributed by atoms with E-state index in [1.165, 1.54) is 16.9 Å². The van der Waals surface area contributed by atoms with Gasteiger partial charge in [-0.2, -0.15) is 5.10 Å². The van der Waals surface area contributed by atoms with Gasteiger partial charge in [0.25, 0.3) is 0 Å². The Hall–Kier alpha value is -2.81. The number of pyridine rings is 1. The van der Waals surface area contributed by atoms with Crippen molar-refractivity contribution in [3.63, 3.8) is 0 Å². The average Bonchev–Trinajstić information content (AvgIpc) is 3.03. The van der Waals surface area contributed by atoms with Crippen molar-refractivity contribution in [2.24, 2.45) is 0 Å². The van der Waals surface area contributed by atoms with Gasteiger partial charge in [0.2, 0.25) is 6.10 Å². The van der Waals surface area contributed by atoms with Gasteiger partial charge in [-0.15, -0.1) is 0 Å². The Morgan fingerprint density at radius 2 is 2.12 bits per heavy atom. The number of nitrogens with zero attached hydrogens (tertiary/aromatic N) is 4. The van der Waals surface area contributed by atoms with Crippen LogP contribution in [-0.4, -0.2) is 38.1 Å². The Morgan fingerprint density at radius 1 is 1.31 bits per heavy atom. The summed E-state index contributed by atoms with van der Waals surface area (Å²) in [5.74, 6) is -1.42. The molecule has 26 heavy (non-hydrogen) atoms. The quantitative estimate of drug-likeness (QED) is 0.587. The second kappa shape index (κ2) is 7.61. The molecule has 0 saturated carbocycles. The van der Waals surface area contributed by atoms with E-state index in [4.69, 9.17) is 9.47 Å². The van der Waals surface area contributed by atoms with Crippen molar-refractivity contribution in [2.45, 2.75) is 20.0 Å². The molecule has 3 rings (SSSR count). The van der Waals surface area contributed by atoms with E-state index in [0.29, 0.717) is 21.4 Å². The molecule has 0 aromatic carbocycles. The first-order valence-electron chi connectivity index (χ1n) is 7.79. The number of esters is 2. The van der Waals surface area contributed by atoms with Crippen LogP contribution in [0.3, 0.4) is 0 Å². The van der Waals surface area contributed by atoms with Crippen molar-refractivity contribution >= 4 is 33.5 Å². The number of halogens is 1. The monoisotopic (exact) mass is 418 g/mol. The summed E-state index contributed by atoms with van der Waals surface area (Å²) in [4.78, 5) is 33.3. The zero-order valence-corrected chi connectivity index (χ0v) is 15.6. The Balaban J connectivity index is 1.94. The molecule has 3 aromatic heterocycles. The molecule has 8 nitrogen and oxygen atoms in total. The standard InChI is InChI=1S/C17H15BrN4O4/c1-3-25-17(24)14(13-10(2)5-4-6-19-13)26-16(23)12-8-21-22-9-11(18)7-20-15(12)22/h4-9,14H,3H2,1-2H3/t14-/m0/s1. The lowest BCUT2D eigenvalue weighted by Gasteiger charge is -2.17. The summed E-state index contributed by atoms with van der Waals surface area (Å²) >= 11 is 3.28. The molecule has 3 heterocycles. The third-order valence-corrected chi connectivity index (χ3v) is 3.98. The summed E-state index contributed by atoms with van der Waals surface area (Å²) in [5.41, 5.74) is 1.49. The number of ether oxygens (including phenoxy) is 2. The number of rotatable bonds is 5. The number of hydrogen-bond acceptors (Lipinski definition) is 7. The molecule has 0 radical (unpaired) electrons. The molecule has 0 aliphatic carbocycles. The number of hydrogen-bond donors (Lipinski definition) is 0. The lowest BCUT2D eigenvalue weighted by molar-refractivity contribution is -0.154. The minimum atomic E-state index is -1.27. The van der Waals surface area contributed by atoms with Gasteiger partial charge in [0, 0.05) is 18.6 Å². The van der Waals surface area contributed by atoms with Crippen molar-refractivity contribution in [1.29, 1.82) is 0 Å². The van der Waals surface area contributed by atoms with Crippen LogP contribution >= 0.6 is 15.9 Å². The van der Waals surface area contributed by atoms with Crippen LogP contribution in [0.25, 0.3) is 5.65 Å². The third kappa shape index (κ3) is 3.57. The first kappa shape index (κ1) is 18.0. The van der Waals surface area contributed by atoms with Gasteiger partial charge in [0.15, 0.2) is 5.65 Å². The SMILES string of the molecule is CCOC(=O)[C@@H](OC(=O)c1cnn2cc(Br)cnc12)c1ncccc1C. The molecule has 0 aliphatic rings. The van der Waals surface area contributed by atoms with E-state index in [1.54, 1.807) is 38.4 Å². The highest BCUT2D eigenvalue weighted by Gasteiger charge is 2.30. The maximum Gasteiger partial charge on any atom is 0.353 e. The third-order valence-electron chi connectivity index (χ3n) is 3.57. The molecule has 0 amide bonds. The summed E-state index contributed by atoms with van der Waals surface area (Å²) in [5, 5.41) is 4.07. The molecule has 0 bridgehead atoms. The molecule has 0 N–H and O–H groups in total. The van der Waals surface area contributed by atoms with Crippen LogP contribution in [0.2, 0.25) is 0 Å². The zero-order chi connectivity index (χ0) is 18.7. The average molecular weight is 419 g/mol. The molecule has 9 heteroatoms. The van der Waals surface area contributed by atoms with Gasteiger partial charge in [-0.1, -0.05) is 6.07 Å². The van der Waals surface area contributed by atoms with E-state index in [1.807, 2.05) is 0 Å². The van der Waals surface area contributed by atoms with E-state index >= 15 is 0 Å². The van der Waals surface area contributed by atoms with Gasteiger partial charge < -0.3 is 9.47 Å². The van der Waals surface area contributed by atoms with Crippen LogP contribution < -0.4 is 0 Å². The summed E-state index contributed by atoms with van der Waals surface area (Å²) in [6, 6.07) is 3.51. The molecular weight excluding hydrogens is 404 g/mol. The molecule has 0 fully saturated rings. The van der Waals surface area contributed by atoms with Crippen LogP contribution in [0.15, 0.2) is 41.4 Å². The fourth-order valence-electron chi connectivity index (χ4n) is 2.37. The number of carbonyl (C=O) groups excluding carboxylic acids is 2. The summed E-state index contributed by atoms with van der Waals surface area (Å²) in [7, 11) is 0. The maximum absolute atomic E-state index is 12.6. The molecule has 0 saturated heterocycles. The Morgan fingerprint density at radius 3 is 2.85 bits per heavy atom. The number of aryl methyl sites for hydroxylation is 1. The molecule has 1 atom stereocenters. The van der Waals surface area contributed by atoms with Gasteiger partial charge in [0.1, 0.15) is 5.56 Å². The van der Waals surface area contributed by atoms with Gasteiger partial charge in [-0.05, 0) is 41.4 Å². The molecule has 0 aliphatic heterocycles. The van der Waals surface area contributed by atoms with Crippen molar-refractivity contribution in [1.82, 2.24) is 19.6 Å². The molecule has 3 aromatic rings. The summed E-state index contributed by atoms with van der Waals surface area (Å²) in [6.07, 6.45) is 4.79.